The predicted molar refractivity (Wildman–Crippen MR) is 45.3 cm³/mol. The van der Waals surface area contributed by atoms with E-state index in [0.29, 0.717) is 5.75 Å². The summed E-state index contributed by atoms with van der Waals surface area (Å²) < 4.78 is 17.5. The fraction of sp³-hybridized carbons (Fsp3) is 0.100. The fourth-order valence-corrected chi connectivity index (χ4v) is 0.726. The van der Waals surface area contributed by atoms with Crippen LogP contribution in [0.5, 0.6) is 5.75 Å². The molecule has 0 aliphatic rings. The highest BCUT2D eigenvalue weighted by Gasteiger charge is 1.91. The molecule has 0 amide bonds. The average Bonchev–Trinajstić information content (AvgIpc) is 2.15. The Morgan fingerprint density at radius 3 is 2.62 bits per heavy atom. The molecular weight excluding hydrogens is 169 g/mol. The summed E-state index contributed by atoms with van der Waals surface area (Å²) in [5.41, 5.74) is 0. The summed E-state index contributed by atoms with van der Waals surface area (Å²) in [6, 6.07) is 7.27. The van der Waals surface area contributed by atoms with Gasteiger partial charge >= 0.3 is 0 Å². The second-order valence-corrected chi connectivity index (χ2v) is 2.16. The Bertz CT molecular complexity index is 367. The minimum atomic E-state index is -0.310. The number of hydrogen-bond donors (Lipinski definition) is 0. The highest BCUT2D eigenvalue weighted by atomic mass is 19.1. The van der Waals surface area contributed by atoms with E-state index in [1.165, 1.54) is 24.3 Å². The smallest absolute Gasteiger partial charge is 0.152 e. The van der Waals surface area contributed by atoms with Crippen LogP contribution >= 0.6 is 0 Å². The molecule has 3 heteroatoms. The molecule has 0 saturated carbocycles. The van der Waals surface area contributed by atoms with Gasteiger partial charge in [-0.3, -0.25) is 0 Å². The van der Waals surface area contributed by atoms with E-state index in [9.17, 15) is 4.39 Å². The molecule has 0 N–H and O–H groups in total. The molecule has 0 unspecified atom stereocenters. The first-order valence-corrected chi connectivity index (χ1v) is 3.58. The third-order valence-corrected chi connectivity index (χ3v) is 1.27. The standard InChI is InChI=1S/C10H6FNO/c11-9-3-5-10(6-4-9)13-8-2-1-7-12/h3-6H,8H2. The van der Waals surface area contributed by atoms with Gasteiger partial charge in [-0.15, -0.1) is 0 Å². The first-order valence-electron chi connectivity index (χ1n) is 3.58. The van der Waals surface area contributed by atoms with Crippen LogP contribution in [0.25, 0.3) is 0 Å². The van der Waals surface area contributed by atoms with E-state index < -0.39 is 0 Å². The largest absolute Gasteiger partial charge is 0.481 e. The van der Waals surface area contributed by atoms with Crippen molar-refractivity contribution in [3.8, 4) is 23.7 Å². The van der Waals surface area contributed by atoms with Crippen LogP contribution in [0, 0.1) is 29.0 Å². The van der Waals surface area contributed by atoms with Crippen LogP contribution < -0.4 is 4.74 Å². The van der Waals surface area contributed by atoms with Crippen molar-refractivity contribution in [1.82, 2.24) is 0 Å². The Balaban J connectivity index is 2.47. The van der Waals surface area contributed by atoms with Crippen LogP contribution in [0.1, 0.15) is 0 Å². The zero-order valence-corrected chi connectivity index (χ0v) is 6.75. The number of halogens is 1. The van der Waals surface area contributed by atoms with Crippen LogP contribution in [-0.2, 0) is 0 Å². The summed E-state index contributed by atoms with van der Waals surface area (Å²) in [4.78, 5) is 0. The summed E-state index contributed by atoms with van der Waals surface area (Å²) in [6.45, 7) is 0.138. The molecule has 0 atom stereocenters. The number of benzene rings is 1. The molecule has 0 aliphatic heterocycles. The molecule has 0 fully saturated rings. The van der Waals surface area contributed by atoms with E-state index in [-0.39, 0.29) is 12.4 Å². The second-order valence-electron chi connectivity index (χ2n) is 2.16. The van der Waals surface area contributed by atoms with Crippen molar-refractivity contribution in [3.63, 3.8) is 0 Å². The van der Waals surface area contributed by atoms with Crippen LogP contribution in [0.4, 0.5) is 4.39 Å². The lowest BCUT2D eigenvalue weighted by atomic mass is 10.3. The van der Waals surface area contributed by atoms with Gasteiger partial charge in [-0.1, -0.05) is 0 Å². The van der Waals surface area contributed by atoms with Gasteiger partial charge in [0.1, 0.15) is 18.2 Å². The van der Waals surface area contributed by atoms with Crippen LogP contribution in [0.3, 0.4) is 0 Å². The Morgan fingerprint density at radius 1 is 1.31 bits per heavy atom. The Hall–Kier alpha value is -2.00. The highest BCUT2D eigenvalue weighted by Crippen LogP contribution is 2.10. The first kappa shape index (κ1) is 9.09. The normalized spacial score (nSPS) is 8.00. The van der Waals surface area contributed by atoms with Gasteiger partial charge in [-0.2, -0.15) is 5.26 Å². The number of ether oxygens (including phenoxy) is 1. The summed E-state index contributed by atoms with van der Waals surface area (Å²) in [5.74, 6) is 4.88. The third kappa shape index (κ3) is 3.27. The molecule has 0 spiro atoms. The molecular formula is C10H6FNO. The molecule has 2 nitrogen and oxygen atoms in total. The third-order valence-electron chi connectivity index (χ3n) is 1.27. The topological polar surface area (TPSA) is 33.0 Å². The van der Waals surface area contributed by atoms with Crippen LogP contribution in [0.15, 0.2) is 24.3 Å². The maximum absolute atomic E-state index is 12.4. The molecule has 1 aromatic rings. The minimum Gasteiger partial charge on any atom is -0.481 e. The number of nitriles is 1. The lowest BCUT2D eigenvalue weighted by Crippen LogP contribution is -1.93. The molecule has 0 aromatic heterocycles. The lowest BCUT2D eigenvalue weighted by molar-refractivity contribution is 0.369. The van der Waals surface area contributed by atoms with Gasteiger partial charge in [-0.05, 0) is 30.2 Å². The first-order chi connectivity index (χ1) is 6.33. The highest BCUT2D eigenvalue weighted by molar-refractivity contribution is 5.23. The Kier molecular flexibility index (Phi) is 3.35. The summed E-state index contributed by atoms with van der Waals surface area (Å²) in [6.07, 6.45) is 0. The van der Waals surface area contributed by atoms with Crippen molar-refractivity contribution in [2.75, 3.05) is 6.61 Å². The molecule has 0 radical (unpaired) electrons. The van der Waals surface area contributed by atoms with Gasteiger partial charge in [0, 0.05) is 5.92 Å². The lowest BCUT2D eigenvalue weighted by Gasteiger charge is -1.99. The van der Waals surface area contributed by atoms with Crippen molar-refractivity contribution in [2.24, 2.45) is 0 Å². The quantitative estimate of drug-likeness (QED) is 0.641. The fourth-order valence-electron chi connectivity index (χ4n) is 0.726. The second kappa shape index (κ2) is 4.79. The maximum Gasteiger partial charge on any atom is 0.152 e. The van der Waals surface area contributed by atoms with Gasteiger partial charge in [0.05, 0.1) is 0 Å². The van der Waals surface area contributed by atoms with Gasteiger partial charge in [0.2, 0.25) is 0 Å². The molecule has 0 aliphatic carbocycles. The van der Waals surface area contributed by atoms with Gasteiger partial charge in [0.15, 0.2) is 6.07 Å². The van der Waals surface area contributed by atoms with E-state index in [1.807, 2.05) is 0 Å². The summed E-state index contributed by atoms with van der Waals surface area (Å²) in [5, 5.41) is 8.07. The van der Waals surface area contributed by atoms with Crippen molar-refractivity contribution in [3.05, 3.63) is 30.1 Å². The number of nitrogens with zero attached hydrogens (tertiary/aromatic N) is 1. The average molecular weight is 175 g/mol. The molecule has 0 heterocycles. The Labute approximate surface area is 75.6 Å². The van der Waals surface area contributed by atoms with E-state index in [4.69, 9.17) is 10.00 Å². The van der Waals surface area contributed by atoms with Crippen molar-refractivity contribution >= 4 is 0 Å². The van der Waals surface area contributed by atoms with Crippen molar-refractivity contribution < 1.29 is 9.13 Å². The Morgan fingerprint density at radius 2 is 2.00 bits per heavy atom. The van der Waals surface area contributed by atoms with Gasteiger partial charge in [-0.25, -0.2) is 4.39 Å². The molecule has 13 heavy (non-hydrogen) atoms. The van der Waals surface area contributed by atoms with Gasteiger partial charge in [0.25, 0.3) is 0 Å². The van der Waals surface area contributed by atoms with Crippen molar-refractivity contribution in [2.45, 2.75) is 0 Å². The van der Waals surface area contributed by atoms with Gasteiger partial charge < -0.3 is 4.74 Å². The zero-order valence-electron chi connectivity index (χ0n) is 6.75. The predicted octanol–water partition coefficient (Wildman–Crippen LogP) is 1.73. The number of hydrogen-bond acceptors (Lipinski definition) is 2. The van der Waals surface area contributed by atoms with Crippen LogP contribution in [-0.4, -0.2) is 6.61 Å². The summed E-state index contributed by atoms with van der Waals surface area (Å²) in [7, 11) is 0. The monoisotopic (exact) mass is 175 g/mol. The molecule has 0 saturated heterocycles. The number of rotatable bonds is 2. The van der Waals surface area contributed by atoms with Crippen molar-refractivity contribution in [1.29, 1.82) is 5.26 Å². The zero-order chi connectivity index (χ0) is 9.52. The van der Waals surface area contributed by atoms with Crippen LogP contribution in [0.2, 0.25) is 0 Å². The van der Waals surface area contributed by atoms with E-state index >= 15 is 0 Å². The maximum atomic E-state index is 12.4. The van der Waals surface area contributed by atoms with E-state index in [1.54, 1.807) is 6.07 Å². The minimum absolute atomic E-state index is 0.138. The molecule has 64 valence electrons. The van der Waals surface area contributed by atoms with E-state index in [0.717, 1.165) is 0 Å². The molecule has 0 bridgehead atoms. The molecule has 1 aromatic carbocycles. The summed E-state index contributed by atoms with van der Waals surface area (Å²) >= 11 is 0. The molecule has 1 rings (SSSR count). The SMILES string of the molecule is N#CC#CCOc1ccc(F)cc1. The van der Waals surface area contributed by atoms with E-state index in [2.05, 4.69) is 11.8 Å².